The number of hydrogen-bond donors (Lipinski definition) is 0. The minimum atomic E-state index is -0.203. The molecule has 3 heteroatoms. The van der Waals surface area contributed by atoms with Gasteiger partial charge in [0.25, 0.3) is 0 Å². The van der Waals surface area contributed by atoms with Gasteiger partial charge in [0.05, 0.1) is 5.02 Å². The molecule has 0 radical (unpaired) electrons. The van der Waals surface area contributed by atoms with Gasteiger partial charge in [0.2, 0.25) is 0 Å². The van der Waals surface area contributed by atoms with Crippen molar-refractivity contribution in [2.45, 2.75) is 39.7 Å². The number of esters is 1. The Kier molecular flexibility index (Phi) is 4.81. The average Bonchev–Trinajstić information content (AvgIpc) is 2.26. The number of rotatable bonds is 4. The van der Waals surface area contributed by atoms with Crippen molar-refractivity contribution < 1.29 is 9.53 Å². The molecule has 16 heavy (non-hydrogen) atoms. The van der Waals surface area contributed by atoms with Crippen molar-refractivity contribution >= 4 is 17.6 Å². The minimum Gasteiger partial charge on any atom is -0.461 e. The Bertz CT molecular complexity index is 372. The van der Waals surface area contributed by atoms with E-state index in [1.54, 1.807) is 6.92 Å². The zero-order chi connectivity index (χ0) is 12.1. The molecule has 0 aromatic heterocycles. The van der Waals surface area contributed by atoms with Crippen LogP contribution < -0.4 is 0 Å². The van der Waals surface area contributed by atoms with Crippen LogP contribution in [0.2, 0.25) is 5.02 Å². The number of carbonyl (C=O) groups is 1. The van der Waals surface area contributed by atoms with Crippen LogP contribution in [-0.4, -0.2) is 5.97 Å². The molecule has 0 aliphatic rings. The van der Waals surface area contributed by atoms with Crippen LogP contribution >= 0.6 is 11.6 Å². The van der Waals surface area contributed by atoms with Crippen LogP contribution in [0.5, 0.6) is 0 Å². The van der Waals surface area contributed by atoms with E-state index in [1.807, 2.05) is 18.2 Å². The first-order chi connectivity index (χ1) is 7.56. The predicted octanol–water partition coefficient (Wildman–Crippen LogP) is 3.92. The molecule has 0 unspecified atom stereocenters. The maximum absolute atomic E-state index is 11.0. The van der Waals surface area contributed by atoms with E-state index in [2.05, 4.69) is 13.8 Å². The van der Waals surface area contributed by atoms with Gasteiger partial charge in [-0.2, -0.15) is 0 Å². The molecule has 2 nitrogen and oxygen atoms in total. The van der Waals surface area contributed by atoms with E-state index in [0.717, 1.165) is 11.1 Å². The maximum atomic E-state index is 11.0. The summed E-state index contributed by atoms with van der Waals surface area (Å²) in [7, 11) is 0. The van der Waals surface area contributed by atoms with Gasteiger partial charge < -0.3 is 4.74 Å². The molecule has 0 bridgehead atoms. The third kappa shape index (κ3) is 3.24. The molecule has 88 valence electrons. The van der Waals surface area contributed by atoms with Crippen molar-refractivity contribution in [2.24, 2.45) is 0 Å². The fourth-order valence-corrected chi connectivity index (χ4v) is 1.82. The quantitative estimate of drug-likeness (QED) is 0.746. The third-order valence-electron chi connectivity index (χ3n) is 2.41. The molecule has 0 amide bonds. The molecule has 0 aliphatic heterocycles. The molecule has 0 fully saturated rings. The minimum absolute atomic E-state index is 0.203. The lowest BCUT2D eigenvalue weighted by atomic mass is 10.0. The fraction of sp³-hybridized carbons (Fsp3) is 0.462. The van der Waals surface area contributed by atoms with E-state index in [-0.39, 0.29) is 12.6 Å². The summed E-state index contributed by atoms with van der Waals surface area (Å²) in [5.74, 6) is 0.167. The lowest BCUT2D eigenvalue weighted by Gasteiger charge is -2.12. The van der Waals surface area contributed by atoms with E-state index in [9.17, 15) is 4.79 Å². The van der Waals surface area contributed by atoms with Gasteiger partial charge in [-0.05, 0) is 11.5 Å². The summed E-state index contributed by atoms with van der Waals surface area (Å²) in [5.41, 5.74) is 1.96. The molecule has 0 saturated carbocycles. The van der Waals surface area contributed by atoms with E-state index < -0.39 is 0 Å². The van der Waals surface area contributed by atoms with Crippen LogP contribution in [0, 0.1) is 0 Å². The molecule has 1 rings (SSSR count). The Morgan fingerprint density at radius 3 is 2.69 bits per heavy atom. The third-order valence-corrected chi connectivity index (χ3v) is 2.87. The van der Waals surface area contributed by atoms with Crippen LogP contribution in [0.1, 0.15) is 44.2 Å². The van der Waals surface area contributed by atoms with E-state index in [1.165, 1.54) is 0 Å². The SMILES string of the molecule is CCC(=O)OCc1cccc(C(C)C)c1Cl. The molecule has 0 aliphatic carbocycles. The van der Waals surface area contributed by atoms with Crippen molar-refractivity contribution in [1.29, 1.82) is 0 Å². The van der Waals surface area contributed by atoms with Crippen molar-refractivity contribution in [1.82, 2.24) is 0 Å². The topological polar surface area (TPSA) is 26.3 Å². The van der Waals surface area contributed by atoms with Crippen molar-refractivity contribution in [2.75, 3.05) is 0 Å². The summed E-state index contributed by atoms with van der Waals surface area (Å²) >= 11 is 6.24. The Morgan fingerprint density at radius 1 is 1.44 bits per heavy atom. The van der Waals surface area contributed by atoms with Gasteiger partial charge in [-0.25, -0.2) is 0 Å². The van der Waals surface area contributed by atoms with Crippen LogP contribution in [0.3, 0.4) is 0 Å². The van der Waals surface area contributed by atoms with Crippen molar-refractivity contribution in [3.63, 3.8) is 0 Å². The Morgan fingerprint density at radius 2 is 2.12 bits per heavy atom. The molecule has 1 aromatic carbocycles. The van der Waals surface area contributed by atoms with Gasteiger partial charge in [0, 0.05) is 12.0 Å². The van der Waals surface area contributed by atoms with Gasteiger partial charge in [0.1, 0.15) is 6.61 Å². The van der Waals surface area contributed by atoms with E-state index in [0.29, 0.717) is 17.4 Å². The van der Waals surface area contributed by atoms with E-state index in [4.69, 9.17) is 16.3 Å². The highest BCUT2D eigenvalue weighted by molar-refractivity contribution is 6.32. The van der Waals surface area contributed by atoms with Gasteiger partial charge in [-0.1, -0.05) is 50.6 Å². The highest BCUT2D eigenvalue weighted by atomic mass is 35.5. The molecule has 0 atom stereocenters. The van der Waals surface area contributed by atoms with Crippen LogP contribution in [0.15, 0.2) is 18.2 Å². The second kappa shape index (κ2) is 5.90. The molecule has 0 heterocycles. The molecule has 0 N–H and O–H groups in total. The van der Waals surface area contributed by atoms with Gasteiger partial charge in [0.15, 0.2) is 0 Å². The Hall–Kier alpha value is -1.02. The van der Waals surface area contributed by atoms with Gasteiger partial charge in [-0.3, -0.25) is 4.79 Å². The molecular formula is C13H17ClO2. The Labute approximate surface area is 102 Å². The molecule has 0 spiro atoms. The summed E-state index contributed by atoms with van der Waals surface area (Å²) in [6.07, 6.45) is 0.390. The average molecular weight is 241 g/mol. The van der Waals surface area contributed by atoms with Crippen LogP contribution in [0.4, 0.5) is 0 Å². The summed E-state index contributed by atoms with van der Waals surface area (Å²) in [5, 5.41) is 0.710. The summed E-state index contributed by atoms with van der Waals surface area (Å²) in [6, 6.07) is 5.83. The second-order valence-corrected chi connectivity index (χ2v) is 4.37. The first-order valence-corrected chi connectivity index (χ1v) is 5.87. The zero-order valence-corrected chi connectivity index (χ0v) is 10.7. The number of ether oxygens (including phenoxy) is 1. The number of halogens is 1. The van der Waals surface area contributed by atoms with Crippen LogP contribution in [0.25, 0.3) is 0 Å². The number of benzene rings is 1. The largest absolute Gasteiger partial charge is 0.461 e. The molecule has 1 aromatic rings. The zero-order valence-electron chi connectivity index (χ0n) is 9.92. The molecule has 0 saturated heterocycles. The standard InChI is InChI=1S/C13H17ClO2/c1-4-12(15)16-8-10-6-5-7-11(9(2)3)13(10)14/h5-7,9H,4,8H2,1-3H3. The van der Waals surface area contributed by atoms with Crippen LogP contribution in [-0.2, 0) is 16.1 Å². The number of carbonyl (C=O) groups excluding carboxylic acids is 1. The predicted molar refractivity (Wildman–Crippen MR) is 65.6 cm³/mol. The Balaban J connectivity index is 2.81. The summed E-state index contributed by atoms with van der Waals surface area (Å²) < 4.78 is 5.07. The lowest BCUT2D eigenvalue weighted by Crippen LogP contribution is -2.03. The van der Waals surface area contributed by atoms with Crippen molar-refractivity contribution in [3.8, 4) is 0 Å². The first kappa shape index (κ1) is 13.0. The smallest absolute Gasteiger partial charge is 0.305 e. The van der Waals surface area contributed by atoms with Crippen molar-refractivity contribution in [3.05, 3.63) is 34.3 Å². The normalized spacial score (nSPS) is 10.6. The number of hydrogen-bond acceptors (Lipinski definition) is 2. The van der Waals surface area contributed by atoms with Gasteiger partial charge in [-0.15, -0.1) is 0 Å². The first-order valence-electron chi connectivity index (χ1n) is 5.49. The van der Waals surface area contributed by atoms with E-state index >= 15 is 0 Å². The monoisotopic (exact) mass is 240 g/mol. The lowest BCUT2D eigenvalue weighted by molar-refractivity contribution is -0.144. The summed E-state index contributed by atoms with van der Waals surface area (Å²) in [4.78, 5) is 11.0. The second-order valence-electron chi connectivity index (χ2n) is 3.99. The highest BCUT2D eigenvalue weighted by Gasteiger charge is 2.10. The highest BCUT2D eigenvalue weighted by Crippen LogP contribution is 2.27. The molecular weight excluding hydrogens is 224 g/mol. The van der Waals surface area contributed by atoms with Gasteiger partial charge >= 0.3 is 5.97 Å². The summed E-state index contributed by atoms with van der Waals surface area (Å²) in [6.45, 7) is 6.20. The maximum Gasteiger partial charge on any atom is 0.305 e. The fourth-order valence-electron chi connectivity index (χ4n) is 1.42.